The van der Waals surface area contributed by atoms with E-state index in [1.54, 1.807) is 6.07 Å². The first-order valence-corrected chi connectivity index (χ1v) is 12.0. The van der Waals surface area contributed by atoms with E-state index in [0.29, 0.717) is 5.56 Å². The predicted octanol–water partition coefficient (Wildman–Crippen LogP) is -0.721. The predicted molar refractivity (Wildman–Crippen MR) is 121 cm³/mol. The number of hydrogen-bond donors (Lipinski definition) is 6. The molecule has 14 nitrogen and oxygen atoms in total. The number of aromatic hydroxyl groups is 1. The van der Waals surface area contributed by atoms with Crippen LogP contribution in [0.1, 0.15) is 18.0 Å². The van der Waals surface area contributed by atoms with Gasteiger partial charge in [-0.05, 0) is 33.7 Å². The molecule has 1 aromatic carbocycles. The Bertz CT molecular complexity index is 1210. The number of fused-ring (bicyclic) bond motifs is 1. The molecule has 4 rings (SSSR count). The minimum absolute atomic E-state index is 0.0712. The molecule has 3 unspecified atom stereocenters. The van der Waals surface area contributed by atoms with Crippen LogP contribution in [-0.2, 0) is 19.2 Å². The SMILES string of the molecule is NC(C(=O)NC1C(=O)N2C(C(=O)O)=C(C(CC(=O)O)Sc3nnn[nH]3)CS[C@@H]12)c1cccc(O)c1. The zero-order chi connectivity index (χ0) is 25.3. The molecule has 35 heavy (non-hydrogen) atoms. The number of nitrogens with zero attached hydrogens (tertiary/aromatic N) is 4. The normalized spacial score (nSPS) is 21.1. The summed E-state index contributed by atoms with van der Waals surface area (Å²) >= 11 is 2.14. The molecular formula is C19H19N7O7S2. The highest BCUT2D eigenvalue weighted by molar-refractivity contribution is 8.01. The number of amides is 2. The summed E-state index contributed by atoms with van der Waals surface area (Å²) in [7, 11) is 0. The minimum Gasteiger partial charge on any atom is -0.508 e. The summed E-state index contributed by atoms with van der Waals surface area (Å²) in [4.78, 5) is 50.2. The lowest BCUT2D eigenvalue weighted by Gasteiger charge is -2.50. The van der Waals surface area contributed by atoms with Gasteiger partial charge >= 0.3 is 11.9 Å². The Hall–Kier alpha value is -3.63. The van der Waals surface area contributed by atoms with Crippen LogP contribution in [0.25, 0.3) is 0 Å². The summed E-state index contributed by atoms with van der Waals surface area (Å²) in [5, 5.41) is 43.1. The molecule has 16 heteroatoms. The van der Waals surface area contributed by atoms with E-state index >= 15 is 0 Å². The Labute approximate surface area is 205 Å². The molecule has 2 aliphatic rings. The molecule has 7 N–H and O–H groups in total. The zero-order valence-corrected chi connectivity index (χ0v) is 19.3. The fourth-order valence-electron chi connectivity index (χ4n) is 3.73. The Kier molecular flexibility index (Phi) is 6.95. The second kappa shape index (κ2) is 9.93. The van der Waals surface area contributed by atoms with E-state index in [1.165, 1.54) is 30.0 Å². The third-order valence-corrected chi connectivity index (χ3v) is 7.77. The van der Waals surface area contributed by atoms with Crippen molar-refractivity contribution in [2.24, 2.45) is 5.73 Å². The number of aromatic nitrogens is 4. The van der Waals surface area contributed by atoms with Crippen LogP contribution in [0.5, 0.6) is 5.75 Å². The van der Waals surface area contributed by atoms with Crippen molar-refractivity contribution in [1.82, 2.24) is 30.8 Å². The van der Waals surface area contributed by atoms with Crippen LogP contribution in [0.2, 0.25) is 0 Å². The number of carboxylic acid groups (broad SMARTS) is 2. The van der Waals surface area contributed by atoms with Crippen molar-refractivity contribution in [2.75, 3.05) is 5.75 Å². The quantitative estimate of drug-likeness (QED) is 0.177. The number of nitrogens with one attached hydrogen (secondary N) is 2. The second-order valence-electron chi connectivity index (χ2n) is 7.56. The number of aliphatic carboxylic acids is 2. The van der Waals surface area contributed by atoms with Gasteiger partial charge in [-0.2, -0.15) is 0 Å². The monoisotopic (exact) mass is 521 g/mol. The number of H-pyrrole nitrogens is 1. The van der Waals surface area contributed by atoms with Crippen molar-refractivity contribution in [3.8, 4) is 5.75 Å². The third kappa shape index (κ3) is 4.94. The average molecular weight is 522 g/mol. The number of carbonyl (C=O) groups excluding carboxylic acids is 2. The summed E-state index contributed by atoms with van der Waals surface area (Å²) in [6, 6.07) is 3.65. The minimum atomic E-state index is -1.40. The van der Waals surface area contributed by atoms with Gasteiger partial charge in [0.2, 0.25) is 11.1 Å². The highest BCUT2D eigenvalue weighted by Gasteiger charge is 2.55. The number of rotatable bonds is 9. The molecule has 1 saturated heterocycles. The van der Waals surface area contributed by atoms with Crippen LogP contribution in [0.4, 0.5) is 0 Å². The number of aromatic amines is 1. The lowest BCUT2D eigenvalue weighted by atomic mass is 9.99. The van der Waals surface area contributed by atoms with Crippen molar-refractivity contribution in [3.63, 3.8) is 0 Å². The number of benzene rings is 1. The zero-order valence-electron chi connectivity index (χ0n) is 17.7. The molecule has 2 aromatic rings. The van der Waals surface area contributed by atoms with Crippen molar-refractivity contribution < 1.29 is 34.5 Å². The Morgan fingerprint density at radius 1 is 1.34 bits per heavy atom. The van der Waals surface area contributed by atoms with Crippen molar-refractivity contribution in [3.05, 3.63) is 41.1 Å². The lowest BCUT2D eigenvalue weighted by Crippen LogP contribution is -2.71. The van der Waals surface area contributed by atoms with Gasteiger partial charge in [0, 0.05) is 11.0 Å². The van der Waals surface area contributed by atoms with Crippen molar-refractivity contribution in [2.45, 2.75) is 34.3 Å². The van der Waals surface area contributed by atoms with Crippen LogP contribution in [0.15, 0.2) is 40.7 Å². The maximum atomic E-state index is 12.9. The molecule has 2 aliphatic heterocycles. The van der Waals surface area contributed by atoms with Crippen LogP contribution >= 0.6 is 23.5 Å². The van der Waals surface area contributed by atoms with Gasteiger partial charge in [-0.25, -0.2) is 9.89 Å². The lowest BCUT2D eigenvalue weighted by molar-refractivity contribution is -0.150. The van der Waals surface area contributed by atoms with Gasteiger partial charge in [0.15, 0.2) is 0 Å². The summed E-state index contributed by atoms with van der Waals surface area (Å²) in [6.45, 7) is 0. The molecule has 1 aromatic heterocycles. The van der Waals surface area contributed by atoms with E-state index in [-0.39, 0.29) is 27.9 Å². The smallest absolute Gasteiger partial charge is 0.352 e. The molecule has 1 fully saturated rings. The summed E-state index contributed by atoms with van der Waals surface area (Å²) < 4.78 is 0. The number of nitrogens with two attached hydrogens (primary N) is 1. The van der Waals surface area contributed by atoms with Crippen LogP contribution in [-0.4, -0.2) is 87.0 Å². The Morgan fingerprint density at radius 3 is 2.74 bits per heavy atom. The number of hydrogen-bond acceptors (Lipinski definition) is 11. The Morgan fingerprint density at radius 2 is 2.11 bits per heavy atom. The number of phenolic OH excluding ortho intramolecular Hbond substituents is 1. The number of β-lactam (4-membered cyclic amide) rings is 1. The highest BCUT2D eigenvalue weighted by Crippen LogP contribution is 2.44. The molecule has 0 bridgehead atoms. The van der Waals surface area contributed by atoms with E-state index in [4.69, 9.17) is 5.73 Å². The van der Waals surface area contributed by atoms with E-state index < -0.39 is 52.9 Å². The van der Waals surface area contributed by atoms with Gasteiger partial charge in [0.05, 0.1) is 6.42 Å². The van der Waals surface area contributed by atoms with E-state index in [0.717, 1.165) is 16.7 Å². The van der Waals surface area contributed by atoms with E-state index in [1.807, 2.05) is 0 Å². The molecule has 0 spiro atoms. The number of tetrazole rings is 1. The molecule has 0 radical (unpaired) electrons. The van der Waals surface area contributed by atoms with Gasteiger partial charge in [-0.3, -0.25) is 19.3 Å². The van der Waals surface area contributed by atoms with Gasteiger partial charge in [0.1, 0.15) is 28.9 Å². The molecule has 4 atom stereocenters. The maximum absolute atomic E-state index is 12.9. The number of carboxylic acids is 2. The topological polar surface area (TPSA) is 225 Å². The standard InChI is InChI=1S/C19H19N7O7S2/c20-12(7-2-1-3-8(27)4-7)15(30)21-13-16(31)26-14(18(32)33)9(6-34-17(13)26)10(5-11(28)29)35-19-22-24-25-23-19/h1-4,10,12-13,17,27H,5-6,20H2,(H,21,30)(H,28,29)(H,32,33)(H,22,23,24,25)/t10?,12?,13?,17-/m0/s1. The molecule has 184 valence electrons. The van der Waals surface area contributed by atoms with Crippen molar-refractivity contribution >= 4 is 47.3 Å². The first-order chi connectivity index (χ1) is 16.7. The molecule has 2 amide bonds. The number of phenols is 1. The summed E-state index contributed by atoms with van der Waals surface area (Å²) in [5.41, 5.74) is 6.21. The van der Waals surface area contributed by atoms with Crippen LogP contribution in [0.3, 0.4) is 0 Å². The molecule has 0 aliphatic carbocycles. The van der Waals surface area contributed by atoms with E-state index in [9.17, 15) is 34.5 Å². The van der Waals surface area contributed by atoms with Crippen LogP contribution < -0.4 is 11.1 Å². The highest BCUT2D eigenvalue weighted by atomic mass is 32.2. The van der Waals surface area contributed by atoms with Gasteiger partial charge in [0.25, 0.3) is 5.91 Å². The van der Waals surface area contributed by atoms with Gasteiger partial charge < -0.3 is 26.4 Å². The second-order valence-corrected chi connectivity index (χ2v) is 9.85. The number of thioether (sulfide) groups is 2. The van der Waals surface area contributed by atoms with Gasteiger partial charge in [-0.15, -0.1) is 16.9 Å². The molecule has 0 saturated carbocycles. The summed E-state index contributed by atoms with van der Waals surface area (Å²) in [6.07, 6.45) is -0.427. The maximum Gasteiger partial charge on any atom is 0.352 e. The van der Waals surface area contributed by atoms with Crippen molar-refractivity contribution in [1.29, 1.82) is 0 Å². The summed E-state index contributed by atoms with van der Waals surface area (Å²) in [5.74, 6) is -3.86. The van der Waals surface area contributed by atoms with Crippen LogP contribution in [0, 0.1) is 0 Å². The van der Waals surface area contributed by atoms with Gasteiger partial charge in [-0.1, -0.05) is 23.9 Å². The first kappa shape index (κ1) is 24.5. The Balaban J connectivity index is 1.55. The van der Waals surface area contributed by atoms with E-state index in [2.05, 4.69) is 25.9 Å². The fourth-order valence-corrected chi connectivity index (χ4v) is 6.27. The molecule has 3 heterocycles. The third-order valence-electron chi connectivity index (χ3n) is 5.34. The number of carbonyl (C=O) groups is 4. The fraction of sp³-hybridized carbons (Fsp3) is 0.316. The molecular weight excluding hydrogens is 502 g/mol. The average Bonchev–Trinajstić information content (AvgIpc) is 3.33. The first-order valence-electron chi connectivity index (χ1n) is 10.1. The largest absolute Gasteiger partial charge is 0.508 e.